The van der Waals surface area contributed by atoms with Crippen LogP contribution in [0.5, 0.6) is 0 Å². The fraction of sp³-hybridized carbons (Fsp3) is 0.480. The van der Waals surface area contributed by atoms with E-state index >= 15 is 0 Å². The van der Waals surface area contributed by atoms with Crippen molar-refractivity contribution in [2.45, 2.75) is 65.8 Å². The highest BCUT2D eigenvalue weighted by Crippen LogP contribution is 2.40. The molecule has 0 spiro atoms. The SMILES string of the molecule is CCc1ccc(Nc2nc3c(F)cccc3n2C2CC(C)CC(C)C2)c(CC)c1. The number of hydrogen-bond acceptors (Lipinski definition) is 2. The lowest BCUT2D eigenvalue weighted by molar-refractivity contribution is 0.226. The molecule has 0 aliphatic heterocycles. The first-order valence-electron chi connectivity index (χ1n) is 11.0. The maximum absolute atomic E-state index is 14.6. The summed E-state index contributed by atoms with van der Waals surface area (Å²) in [7, 11) is 0. The van der Waals surface area contributed by atoms with E-state index < -0.39 is 0 Å². The van der Waals surface area contributed by atoms with E-state index in [-0.39, 0.29) is 5.82 Å². The average Bonchev–Trinajstić information content (AvgIpc) is 3.07. The molecule has 1 aliphatic carbocycles. The molecule has 0 bridgehead atoms. The van der Waals surface area contributed by atoms with E-state index in [1.165, 1.54) is 23.6 Å². The normalized spacial score (nSPS) is 22.2. The highest BCUT2D eigenvalue weighted by molar-refractivity contribution is 5.81. The molecular weight excluding hydrogens is 361 g/mol. The molecule has 2 aromatic carbocycles. The molecule has 1 N–H and O–H groups in total. The second-order valence-corrected chi connectivity index (χ2v) is 8.81. The summed E-state index contributed by atoms with van der Waals surface area (Å²) in [5.74, 6) is 1.84. The maximum Gasteiger partial charge on any atom is 0.208 e. The van der Waals surface area contributed by atoms with E-state index in [4.69, 9.17) is 4.98 Å². The summed E-state index contributed by atoms with van der Waals surface area (Å²) < 4.78 is 16.8. The van der Waals surface area contributed by atoms with Crippen LogP contribution in [0.4, 0.5) is 16.0 Å². The van der Waals surface area contributed by atoms with Crippen LogP contribution < -0.4 is 5.32 Å². The van der Waals surface area contributed by atoms with Crippen molar-refractivity contribution in [3.8, 4) is 0 Å². The zero-order valence-corrected chi connectivity index (χ0v) is 18.0. The number of nitrogens with zero attached hydrogens (tertiary/aromatic N) is 2. The molecule has 4 heteroatoms. The van der Waals surface area contributed by atoms with Gasteiger partial charge in [0.05, 0.1) is 5.52 Å². The van der Waals surface area contributed by atoms with Crippen molar-refractivity contribution < 1.29 is 4.39 Å². The van der Waals surface area contributed by atoms with E-state index in [1.54, 1.807) is 6.07 Å². The molecule has 1 fully saturated rings. The fourth-order valence-electron chi connectivity index (χ4n) is 5.06. The lowest BCUT2D eigenvalue weighted by atomic mass is 9.80. The molecule has 2 atom stereocenters. The Morgan fingerprint density at radius 2 is 1.79 bits per heavy atom. The maximum atomic E-state index is 14.6. The third kappa shape index (κ3) is 3.90. The van der Waals surface area contributed by atoms with E-state index in [0.29, 0.717) is 23.4 Å². The highest BCUT2D eigenvalue weighted by atomic mass is 19.1. The van der Waals surface area contributed by atoms with Crippen LogP contribution in [0.15, 0.2) is 36.4 Å². The molecule has 0 saturated heterocycles. The Kier molecular flexibility index (Phi) is 5.62. The van der Waals surface area contributed by atoms with Crippen LogP contribution in [0.3, 0.4) is 0 Å². The summed E-state index contributed by atoms with van der Waals surface area (Å²) in [5.41, 5.74) is 5.03. The second kappa shape index (κ2) is 8.17. The van der Waals surface area contributed by atoms with Gasteiger partial charge in [-0.05, 0) is 73.3 Å². The first kappa shape index (κ1) is 19.9. The van der Waals surface area contributed by atoms with Gasteiger partial charge < -0.3 is 9.88 Å². The Morgan fingerprint density at radius 1 is 1.03 bits per heavy atom. The second-order valence-electron chi connectivity index (χ2n) is 8.81. The van der Waals surface area contributed by atoms with E-state index in [2.05, 4.69) is 55.8 Å². The van der Waals surface area contributed by atoms with Gasteiger partial charge in [-0.15, -0.1) is 0 Å². The van der Waals surface area contributed by atoms with Crippen molar-refractivity contribution in [3.05, 3.63) is 53.3 Å². The van der Waals surface area contributed by atoms with Gasteiger partial charge in [0.1, 0.15) is 5.52 Å². The quantitative estimate of drug-likeness (QED) is 0.504. The molecule has 2 unspecified atom stereocenters. The predicted octanol–water partition coefficient (Wildman–Crippen LogP) is 7.04. The summed E-state index contributed by atoms with van der Waals surface area (Å²) in [6, 6.07) is 12.2. The van der Waals surface area contributed by atoms with Gasteiger partial charge in [0.2, 0.25) is 5.95 Å². The fourth-order valence-corrected chi connectivity index (χ4v) is 5.06. The summed E-state index contributed by atoms with van der Waals surface area (Å²) in [6.45, 7) is 9.00. The summed E-state index contributed by atoms with van der Waals surface area (Å²) in [6.07, 6.45) is 5.45. The smallest absolute Gasteiger partial charge is 0.208 e. The third-order valence-corrected chi connectivity index (χ3v) is 6.39. The average molecular weight is 394 g/mol. The topological polar surface area (TPSA) is 29.9 Å². The van der Waals surface area contributed by atoms with Crippen LogP contribution in [-0.4, -0.2) is 9.55 Å². The van der Waals surface area contributed by atoms with Crippen LogP contribution in [0.25, 0.3) is 11.0 Å². The van der Waals surface area contributed by atoms with E-state index in [1.807, 2.05) is 6.07 Å². The van der Waals surface area contributed by atoms with Crippen LogP contribution in [0, 0.1) is 17.7 Å². The highest BCUT2D eigenvalue weighted by Gasteiger charge is 2.29. The number of imidazole rings is 1. The summed E-state index contributed by atoms with van der Waals surface area (Å²) >= 11 is 0. The van der Waals surface area contributed by atoms with Gasteiger partial charge in [-0.2, -0.15) is 0 Å². The van der Waals surface area contributed by atoms with Crippen molar-refractivity contribution in [3.63, 3.8) is 0 Å². The van der Waals surface area contributed by atoms with Crippen LogP contribution >= 0.6 is 0 Å². The molecular formula is C25H32FN3. The molecule has 154 valence electrons. The molecule has 4 rings (SSSR count). The molecule has 29 heavy (non-hydrogen) atoms. The van der Waals surface area contributed by atoms with Gasteiger partial charge in [0.15, 0.2) is 5.82 Å². The van der Waals surface area contributed by atoms with Gasteiger partial charge in [-0.3, -0.25) is 0 Å². The number of para-hydroxylation sites is 1. The van der Waals surface area contributed by atoms with Crippen molar-refractivity contribution in [1.29, 1.82) is 0 Å². The lowest BCUT2D eigenvalue weighted by Crippen LogP contribution is -2.23. The van der Waals surface area contributed by atoms with Gasteiger partial charge >= 0.3 is 0 Å². The molecule has 1 aliphatic rings. The Bertz CT molecular complexity index is 997. The molecule has 1 saturated carbocycles. The largest absolute Gasteiger partial charge is 0.325 e. The molecule has 0 amide bonds. The van der Waals surface area contributed by atoms with Crippen LogP contribution in [-0.2, 0) is 12.8 Å². The minimum Gasteiger partial charge on any atom is -0.325 e. The first-order valence-corrected chi connectivity index (χ1v) is 11.0. The van der Waals surface area contributed by atoms with Crippen molar-refractivity contribution >= 4 is 22.7 Å². The molecule has 0 radical (unpaired) electrons. The van der Waals surface area contributed by atoms with Crippen molar-refractivity contribution in [2.75, 3.05) is 5.32 Å². The zero-order valence-electron chi connectivity index (χ0n) is 18.0. The van der Waals surface area contributed by atoms with Gasteiger partial charge in [0, 0.05) is 11.7 Å². The summed E-state index contributed by atoms with van der Waals surface area (Å²) in [4.78, 5) is 4.73. The van der Waals surface area contributed by atoms with E-state index in [0.717, 1.165) is 42.8 Å². The number of rotatable bonds is 5. The van der Waals surface area contributed by atoms with Gasteiger partial charge in [-0.25, -0.2) is 9.37 Å². The number of hydrogen-bond donors (Lipinski definition) is 1. The minimum absolute atomic E-state index is 0.252. The predicted molar refractivity (Wildman–Crippen MR) is 119 cm³/mol. The molecule has 3 nitrogen and oxygen atoms in total. The van der Waals surface area contributed by atoms with Crippen LogP contribution in [0.1, 0.15) is 64.1 Å². The van der Waals surface area contributed by atoms with Gasteiger partial charge in [0.25, 0.3) is 0 Å². The number of benzene rings is 2. The minimum atomic E-state index is -0.252. The Hall–Kier alpha value is -2.36. The molecule has 1 aromatic heterocycles. The number of halogens is 1. The number of anilines is 2. The Labute approximate surface area is 173 Å². The number of nitrogens with one attached hydrogen (secondary N) is 1. The van der Waals surface area contributed by atoms with Gasteiger partial charge in [-0.1, -0.05) is 45.9 Å². The number of aryl methyl sites for hydroxylation is 2. The van der Waals surface area contributed by atoms with Crippen LogP contribution in [0.2, 0.25) is 0 Å². The third-order valence-electron chi connectivity index (χ3n) is 6.39. The standard InChI is InChI=1S/C25H32FN3/c1-5-18-10-11-22(19(6-2)15-18)27-25-28-24-21(26)8-7-9-23(24)29(25)20-13-16(3)12-17(4)14-20/h7-11,15-17,20H,5-6,12-14H2,1-4H3,(H,27,28). The van der Waals surface area contributed by atoms with Crippen molar-refractivity contribution in [2.24, 2.45) is 11.8 Å². The number of aromatic nitrogens is 2. The lowest BCUT2D eigenvalue weighted by Gasteiger charge is -2.33. The molecule has 3 aromatic rings. The Morgan fingerprint density at radius 3 is 2.48 bits per heavy atom. The van der Waals surface area contributed by atoms with E-state index in [9.17, 15) is 4.39 Å². The Balaban J connectivity index is 1.81. The molecule has 1 heterocycles. The first-order chi connectivity index (χ1) is 14.0. The van der Waals surface area contributed by atoms with Crippen molar-refractivity contribution in [1.82, 2.24) is 9.55 Å². The monoisotopic (exact) mass is 393 g/mol. The summed E-state index contributed by atoms with van der Waals surface area (Å²) in [5, 5.41) is 3.57. The number of fused-ring (bicyclic) bond motifs is 1. The zero-order chi connectivity index (χ0) is 20.5.